The lowest BCUT2D eigenvalue weighted by molar-refractivity contribution is -0.138. The van der Waals surface area contributed by atoms with Gasteiger partial charge in [-0.2, -0.15) is 0 Å². The first-order chi connectivity index (χ1) is 11.1. The van der Waals surface area contributed by atoms with Crippen molar-refractivity contribution in [2.24, 2.45) is 0 Å². The molecular formula is C19H19NO3. The molecule has 0 aliphatic carbocycles. The van der Waals surface area contributed by atoms with Crippen LogP contribution in [0.2, 0.25) is 0 Å². The van der Waals surface area contributed by atoms with Crippen LogP contribution in [0.15, 0.2) is 48.5 Å². The standard InChI is InChI=1S/C19H19NO3/c1-2-13-6-5-7-14(10-13)11-18(21)20-12-16(19(22)23)15-8-3-4-9-17(15)20/h3-10,16H,2,11-12H2,1H3,(H,22,23). The first kappa shape index (κ1) is 15.3. The summed E-state index contributed by atoms with van der Waals surface area (Å²) in [4.78, 5) is 25.7. The summed E-state index contributed by atoms with van der Waals surface area (Å²) in [6.45, 7) is 2.29. The van der Waals surface area contributed by atoms with E-state index >= 15 is 0 Å². The molecule has 23 heavy (non-hydrogen) atoms. The van der Waals surface area contributed by atoms with Crippen LogP contribution in [0.25, 0.3) is 0 Å². The molecule has 1 atom stereocenters. The molecule has 1 amide bonds. The average Bonchev–Trinajstić information content (AvgIpc) is 2.95. The van der Waals surface area contributed by atoms with Crippen LogP contribution in [0.4, 0.5) is 5.69 Å². The van der Waals surface area contributed by atoms with Gasteiger partial charge in [-0.25, -0.2) is 0 Å². The molecule has 0 fully saturated rings. The highest BCUT2D eigenvalue weighted by Gasteiger charge is 2.36. The lowest BCUT2D eigenvalue weighted by Gasteiger charge is -2.17. The zero-order chi connectivity index (χ0) is 16.4. The number of carbonyl (C=O) groups is 2. The number of hydrogen-bond donors (Lipinski definition) is 1. The number of carboxylic acid groups (broad SMARTS) is 1. The number of fused-ring (bicyclic) bond motifs is 1. The minimum absolute atomic E-state index is 0.0607. The molecule has 118 valence electrons. The highest BCUT2D eigenvalue weighted by molar-refractivity contribution is 5.99. The number of para-hydroxylation sites is 1. The molecule has 2 aromatic carbocycles. The van der Waals surface area contributed by atoms with Crippen molar-refractivity contribution < 1.29 is 14.7 Å². The summed E-state index contributed by atoms with van der Waals surface area (Å²) in [5.41, 5.74) is 3.60. The number of carbonyl (C=O) groups excluding carboxylic acids is 1. The molecule has 0 bridgehead atoms. The summed E-state index contributed by atoms with van der Waals surface area (Å²) in [5.74, 6) is -1.59. The number of amides is 1. The van der Waals surface area contributed by atoms with Gasteiger partial charge in [0.1, 0.15) is 5.92 Å². The van der Waals surface area contributed by atoms with E-state index in [0.717, 1.165) is 23.2 Å². The largest absolute Gasteiger partial charge is 0.481 e. The van der Waals surface area contributed by atoms with E-state index in [2.05, 4.69) is 6.92 Å². The van der Waals surface area contributed by atoms with Crippen molar-refractivity contribution in [3.63, 3.8) is 0 Å². The number of anilines is 1. The van der Waals surface area contributed by atoms with Crippen molar-refractivity contribution in [3.8, 4) is 0 Å². The van der Waals surface area contributed by atoms with E-state index in [4.69, 9.17) is 0 Å². The Morgan fingerprint density at radius 2 is 1.87 bits per heavy atom. The fourth-order valence-electron chi connectivity index (χ4n) is 3.08. The lowest BCUT2D eigenvalue weighted by Crippen LogP contribution is -2.32. The number of rotatable bonds is 4. The Morgan fingerprint density at radius 1 is 1.13 bits per heavy atom. The zero-order valence-corrected chi connectivity index (χ0v) is 13.0. The molecule has 2 aromatic rings. The Kier molecular flexibility index (Phi) is 4.15. The van der Waals surface area contributed by atoms with Crippen molar-refractivity contribution in [2.45, 2.75) is 25.7 Å². The second-order valence-corrected chi connectivity index (χ2v) is 5.80. The number of hydrogen-bond acceptors (Lipinski definition) is 2. The van der Waals surface area contributed by atoms with Gasteiger partial charge >= 0.3 is 5.97 Å². The highest BCUT2D eigenvalue weighted by Crippen LogP contribution is 2.36. The number of aliphatic carboxylic acids is 1. The van der Waals surface area contributed by atoms with E-state index in [-0.39, 0.29) is 18.9 Å². The maximum atomic E-state index is 12.7. The van der Waals surface area contributed by atoms with Crippen LogP contribution < -0.4 is 4.90 Å². The third kappa shape index (κ3) is 2.97. The van der Waals surface area contributed by atoms with Gasteiger partial charge in [-0.3, -0.25) is 9.59 Å². The molecule has 0 spiro atoms. The first-order valence-electron chi connectivity index (χ1n) is 7.80. The molecule has 1 N–H and O–H groups in total. The predicted molar refractivity (Wildman–Crippen MR) is 88.7 cm³/mol. The molecule has 0 saturated carbocycles. The van der Waals surface area contributed by atoms with Crippen molar-refractivity contribution in [3.05, 3.63) is 65.2 Å². The summed E-state index contributed by atoms with van der Waals surface area (Å²) in [7, 11) is 0. The van der Waals surface area contributed by atoms with Gasteiger partial charge in [0.25, 0.3) is 0 Å². The Bertz CT molecular complexity index is 754. The minimum atomic E-state index is -0.888. The summed E-state index contributed by atoms with van der Waals surface area (Å²) in [6, 6.07) is 15.2. The molecule has 1 aliphatic rings. The molecule has 0 aromatic heterocycles. The summed E-state index contributed by atoms with van der Waals surface area (Å²) in [5, 5.41) is 9.38. The van der Waals surface area contributed by atoms with E-state index in [1.807, 2.05) is 42.5 Å². The highest BCUT2D eigenvalue weighted by atomic mass is 16.4. The average molecular weight is 309 g/mol. The van der Waals surface area contributed by atoms with Gasteiger partial charge in [-0.15, -0.1) is 0 Å². The van der Waals surface area contributed by atoms with E-state index in [0.29, 0.717) is 0 Å². The predicted octanol–water partition coefficient (Wildman–Crippen LogP) is 3.01. The third-order valence-corrected chi connectivity index (χ3v) is 4.32. The van der Waals surface area contributed by atoms with E-state index in [1.165, 1.54) is 5.56 Å². The molecule has 1 unspecified atom stereocenters. The van der Waals surface area contributed by atoms with Crippen LogP contribution in [-0.2, 0) is 22.4 Å². The molecular weight excluding hydrogens is 290 g/mol. The Hall–Kier alpha value is -2.62. The van der Waals surface area contributed by atoms with Gasteiger partial charge in [0.15, 0.2) is 0 Å². The fraction of sp³-hybridized carbons (Fsp3) is 0.263. The van der Waals surface area contributed by atoms with E-state index < -0.39 is 11.9 Å². The summed E-state index contributed by atoms with van der Waals surface area (Å²) < 4.78 is 0. The van der Waals surface area contributed by atoms with Crippen LogP contribution in [0.1, 0.15) is 29.5 Å². The smallest absolute Gasteiger partial charge is 0.312 e. The van der Waals surface area contributed by atoms with Crippen LogP contribution in [0, 0.1) is 0 Å². The van der Waals surface area contributed by atoms with E-state index in [9.17, 15) is 14.7 Å². The normalized spacial score (nSPS) is 16.2. The number of benzene rings is 2. The van der Waals surface area contributed by atoms with Gasteiger partial charge in [0.2, 0.25) is 5.91 Å². The number of carboxylic acids is 1. The van der Waals surface area contributed by atoms with Crippen molar-refractivity contribution in [1.29, 1.82) is 0 Å². The van der Waals surface area contributed by atoms with Gasteiger partial charge in [0, 0.05) is 12.2 Å². The quantitative estimate of drug-likeness (QED) is 0.944. The van der Waals surface area contributed by atoms with Gasteiger partial charge in [-0.1, -0.05) is 49.4 Å². The molecule has 4 nitrogen and oxygen atoms in total. The molecule has 1 aliphatic heterocycles. The second-order valence-electron chi connectivity index (χ2n) is 5.80. The second kappa shape index (κ2) is 6.24. The topological polar surface area (TPSA) is 57.6 Å². The van der Waals surface area contributed by atoms with Crippen LogP contribution >= 0.6 is 0 Å². The van der Waals surface area contributed by atoms with Gasteiger partial charge in [0.05, 0.1) is 6.42 Å². The fourth-order valence-corrected chi connectivity index (χ4v) is 3.08. The lowest BCUT2D eigenvalue weighted by atomic mass is 10.0. The third-order valence-electron chi connectivity index (χ3n) is 4.32. The first-order valence-corrected chi connectivity index (χ1v) is 7.80. The van der Waals surface area contributed by atoms with Gasteiger partial charge < -0.3 is 10.0 Å². The SMILES string of the molecule is CCc1cccc(CC(=O)N2CC(C(=O)O)c3ccccc32)c1. The van der Waals surface area contributed by atoms with Crippen molar-refractivity contribution in [2.75, 3.05) is 11.4 Å². The van der Waals surface area contributed by atoms with Crippen LogP contribution in [-0.4, -0.2) is 23.5 Å². The zero-order valence-electron chi connectivity index (χ0n) is 13.0. The Labute approximate surface area is 135 Å². The van der Waals surface area contributed by atoms with Crippen LogP contribution in [0.5, 0.6) is 0 Å². The Morgan fingerprint density at radius 3 is 2.61 bits per heavy atom. The number of aryl methyl sites for hydroxylation is 1. The minimum Gasteiger partial charge on any atom is -0.481 e. The molecule has 0 radical (unpaired) electrons. The maximum absolute atomic E-state index is 12.7. The molecule has 4 heteroatoms. The van der Waals surface area contributed by atoms with Crippen molar-refractivity contribution in [1.82, 2.24) is 0 Å². The van der Waals surface area contributed by atoms with Crippen molar-refractivity contribution >= 4 is 17.6 Å². The summed E-state index contributed by atoms with van der Waals surface area (Å²) in [6.07, 6.45) is 1.21. The molecule has 0 saturated heterocycles. The molecule has 1 heterocycles. The Balaban J connectivity index is 1.84. The maximum Gasteiger partial charge on any atom is 0.312 e. The monoisotopic (exact) mass is 309 g/mol. The molecule has 3 rings (SSSR count). The number of nitrogens with zero attached hydrogens (tertiary/aromatic N) is 1. The summed E-state index contributed by atoms with van der Waals surface area (Å²) >= 11 is 0. The van der Waals surface area contributed by atoms with Gasteiger partial charge in [-0.05, 0) is 29.2 Å². The van der Waals surface area contributed by atoms with E-state index in [1.54, 1.807) is 11.0 Å². The van der Waals surface area contributed by atoms with Crippen LogP contribution in [0.3, 0.4) is 0 Å².